The van der Waals surface area contributed by atoms with Crippen LogP contribution in [0.1, 0.15) is 15.9 Å². The Kier molecular flexibility index (Phi) is 5.11. The van der Waals surface area contributed by atoms with Crippen molar-refractivity contribution in [2.75, 3.05) is 19.5 Å². The summed E-state index contributed by atoms with van der Waals surface area (Å²) in [5, 5.41) is 8.06. The molecule has 2 aromatic heterocycles. The Morgan fingerprint density at radius 2 is 1.86 bits per heavy atom. The van der Waals surface area contributed by atoms with Gasteiger partial charge in [0, 0.05) is 17.6 Å². The highest BCUT2D eigenvalue weighted by molar-refractivity contribution is 6.06. The molecule has 0 fully saturated rings. The molecule has 0 radical (unpaired) electrons. The zero-order valence-electron chi connectivity index (χ0n) is 16.1. The van der Waals surface area contributed by atoms with Crippen LogP contribution in [0.2, 0.25) is 0 Å². The lowest BCUT2D eigenvalue weighted by Crippen LogP contribution is -2.13. The number of methoxy groups -OCH3 is 2. The molecular formula is C22H20N4O3. The lowest BCUT2D eigenvalue weighted by molar-refractivity contribution is 0.102. The lowest BCUT2D eigenvalue weighted by Gasteiger charge is -2.11. The second-order valence-electron chi connectivity index (χ2n) is 6.44. The topological polar surface area (TPSA) is 78.3 Å². The van der Waals surface area contributed by atoms with Crippen LogP contribution < -0.4 is 14.8 Å². The highest BCUT2D eigenvalue weighted by Gasteiger charge is 2.13. The molecule has 0 aliphatic rings. The summed E-state index contributed by atoms with van der Waals surface area (Å²) < 4.78 is 12.3. The fourth-order valence-electron chi connectivity index (χ4n) is 3.06. The first-order valence-corrected chi connectivity index (χ1v) is 9.07. The third-order valence-electron chi connectivity index (χ3n) is 4.57. The molecule has 0 saturated heterocycles. The predicted molar refractivity (Wildman–Crippen MR) is 111 cm³/mol. The number of anilines is 1. The van der Waals surface area contributed by atoms with Crippen LogP contribution >= 0.6 is 0 Å². The first kappa shape index (κ1) is 18.5. The molecule has 0 atom stereocenters. The van der Waals surface area contributed by atoms with Gasteiger partial charge < -0.3 is 14.8 Å². The van der Waals surface area contributed by atoms with Gasteiger partial charge in [0.25, 0.3) is 5.91 Å². The molecule has 1 amide bonds. The van der Waals surface area contributed by atoms with Gasteiger partial charge in [-0.2, -0.15) is 5.10 Å². The van der Waals surface area contributed by atoms with Crippen LogP contribution in [0.3, 0.4) is 0 Å². The largest absolute Gasteiger partial charge is 0.497 e. The van der Waals surface area contributed by atoms with Gasteiger partial charge in [-0.15, -0.1) is 0 Å². The number of hydrogen-bond acceptors (Lipinski definition) is 5. The zero-order chi connectivity index (χ0) is 20.2. The van der Waals surface area contributed by atoms with Gasteiger partial charge in [0.15, 0.2) is 5.65 Å². The Labute approximate surface area is 167 Å². The van der Waals surface area contributed by atoms with E-state index >= 15 is 0 Å². The van der Waals surface area contributed by atoms with E-state index in [0.29, 0.717) is 29.3 Å². The number of nitrogens with one attached hydrogen (secondary N) is 1. The predicted octanol–water partition coefficient (Wildman–Crippen LogP) is 3.75. The second-order valence-corrected chi connectivity index (χ2v) is 6.44. The molecule has 4 aromatic rings. The minimum Gasteiger partial charge on any atom is -0.497 e. The molecule has 0 bridgehead atoms. The number of rotatable bonds is 6. The van der Waals surface area contributed by atoms with E-state index in [9.17, 15) is 4.79 Å². The van der Waals surface area contributed by atoms with Crippen LogP contribution in [0.25, 0.3) is 11.0 Å². The van der Waals surface area contributed by atoms with E-state index in [1.54, 1.807) is 50.9 Å². The quantitative estimate of drug-likeness (QED) is 0.544. The molecular weight excluding hydrogens is 368 g/mol. The summed E-state index contributed by atoms with van der Waals surface area (Å²) in [4.78, 5) is 17.2. The molecule has 0 saturated carbocycles. The first-order valence-electron chi connectivity index (χ1n) is 9.07. The van der Waals surface area contributed by atoms with E-state index in [-0.39, 0.29) is 5.91 Å². The minimum absolute atomic E-state index is 0.279. The normalized spacial score (nSPS) is 10.7. The van der Waals surface area contributed by atoms with E-state index < -0.39 is 0 Å². The molecule has 29 heavy (non-hydrogen) atoms. The Hall–Kier alpha value is -3.87. The van der Waals surface area contributed by atoms with Gasteiger partial charge in [0.1, 0.15) is 11.5 Å². The van der Waals surface area contributed by atoms with Crippen LogP contribution in [0, 0.1) is 0 Å². The molecule has 2 heterocycles. The van der Waals surface area contributed by atoms with E-state index in [1.807, 2.05) is 35.0 Å². The average molecular weight is 388 g/mol. The van der Waals surface area contributed by atoms with Crippen molar-refractivity contribution < 1.29 is 14.3 Å². The van der Waals surface area contributed by atoms with Gasteiger partial charge in [0.05, 0.1) is 38.2 Å². The molecule has 0 spiro atoms. The van der Waals surface area contributed by atoms with Gasteiger partial charge in [-0.1, -0.05) is 30.3 Å². The fourth-order valence-corrected chi connectivity index (χ4v) is 3.06. The molecule has 2 aromatic carbocycles. The molecule has 0 aliphatic carbocycles. The summed E-state index contributed by atoms with van der Waals surface area (Å²) in [6, 6.07) is 17.0. The molecule has 7 nitrogen and oxygen atoms in total. The highest BCUT2D eigenvalue weighted by atomic mass is 16.5. The Morgan fingerprint density at radius 1 is 1.03 bits per heavy atom. The standard InChI is InChI=1S/C22H20N4O3/c1-28-18-8-9-19(20(11-18)29-2)25-22(27)17-10-16-13-24-26(21(16)23-12-17)14-15-6-4-3-5-7-15/h3-13H,14H2,1-2H3,(H,25,27). The maximum Gasteiger partial charge on any atom is 0.257 e. The number of ether oxygens (including phenoxy) is 2. The van der Waals surface area contributed by atoms with Crippen LogP contribution in [-0.4, -0.2) is 34.9 Å². The molecule has 4 rings (SSSR count). The van der Waals surface area contributed by atoms with Crippen molar-refractivity contribution in [3.8, 4) is 11.5 Å². The number of carbonyl (C=O) groups excluding carboxylic acids is 1. The molecule has 7 heteroatoms. The minimum atomic E-state index is -0.279. The SMILES string of the molecule is COc1ccc(NC(=O)c2cnc3c(cnn3Cc3ccccc3)c2)c(OC)c1. The number of pyridine rings is 1. The van der Waals surface area contributed by atoms with Gasteiger partial charge in [-0.25, -0.2) is 9.67 Å². The number of amides is 1. The van der Waals surface area contributed by atoms with E-state index in [0.717, 1.165) is 16.6 Å². The van der Waals surface area contributed by atoms with Crippen LogP contribution in [0.4, 0.5) is 5.69 Å². The van der Waals surface area contributed by atoms with Crippen molar-refractivity contribution >= 4 is 22.6 Å². The first-order chi connectivity index (χ1) is 14.2. The molecule has 1 N–H and O–H groups in total. The van der Waals surface area contributed by atoms with Gasteiger partial charge >= 0.3 is 0 Å². The summed E-state index contributed by atoms with van der Waals surface area (Å²) in [6.45, 7) is 0.617. The summed E-state index contributed by atoms with van der Waals surface area (Å²) in [5.74, 6) is 0.884. The van der Waals surface area contributed by atoms with Crippen molar-refractivity contribution in [2.24, 2.45) is 0 Å². The van der Waals surface area contributed by atoms with E-state index in [4.69, 9.17) is 9.47 Å². The molecule has 0 aliphatic heterocycles. The number of hydrogen-bond donors (Lipinski definition) is 1. The maximum atomic E-state index is 12.7. The molecule has 146 valence electrons. The fraction of sp³-hybridized carbons (Fsp3) is 0.136. The van der Waals surface area contributed by atoms with E-state index in [1.165, 1.54) is 0 Å². The third kappa shape index (κ3) is 3.89. The Morgan fingerprint density at radius 3 is 2.62 bits per heavy atom. The Bertz CT molecular complexity index is 1160. The van der Waals surface area contributed by atoms with Crippen molar-refractivity contribution in [1.29, 1.82) is 0 Å². The smallest absolute Gasteiger partial charge is 0.257 e. The summed E-state index contributed by atoms with van der Waals surface area (Å²) in [7, 11) is 3.12. The summed E-state index contributed by atoms with van der Waals surface area (Å²) >= 11 is 0. The van der Waals surface area contributed by atoms with Gasteiger partial charge in [-0.3, -0.25) is 4.79 Å². The number of fused-ring (bicyclic) bond motifs is 1. The second kappa shape index (κ2) is 8.02. The number of nitrogens with zero attached hydrogens (tertiary/aromatic N) is 3. The van der Waals surface area contributed by atoms with Crippen molar-refractivity contribution in [3.05, 3.63) is 78.1 Å². The summed E-state index contributed by atoms with van der Waals surface area (Å²) in [5.41, 5.74) is 2.85. The zero-order valence-corrected chi connectivity index (χ0v) is 16.1. The Balaban J connectivity index is 1.56. The summed E-state index contributed by atoms with van der Waals surface area (Å²) in [6.07, 6.45) is 3.27. The van der Waals surface area contributed by atoms with Crippen molar-refractivity contribution in [3.63, 3.8) is 0 Å². The monoisotopic (exact) mass is 388 g/mol. The van der Waals surface area contributed by atoms with Crippen LogP contribution in [0.5, 0.6) is 11.5 Å². The van der Waals surface area contributed by atoms with Crippen molar-refractivity contribution in [1.82, 2.24) is 14.8 Å². The number of aromatic nitrogens is 3. The average Bonchev–Trinajstić information content (AvgIpc) is 3.16. The third-order valence-corrected chi connectivity index (χ3v) is 4.57. The van der Waals surface area contributed by atoms with Crippen molar-refractivity contribution in [2.45, 2.75) is 6.54 Å². The van der Waals surface area contributed by atoms with Gasteiger partial charge in [0.2, 0.25) is 0 Å². The van der Waals surface area contributed by atoms with Gasteiger partial charge in [-0.05, 0) is 23.8 Å². The number of benzene rings is 2. The van der Waals surface area contributed by atoms with Crippen LogP contribution in [0.15, 0.2) is 67.0 Å². The number of carbonyl (C=O) groups is 1. The highest BCUT2D eigenvalue weighted by Crippen LogP contribution is 2.29. The van der Waals surface area contributed by atoms with E-state index in [2.05, 4.69) is 15.4 Å². The molecule has 0 unspecified atom stereocenters. The van der Waals surface area contributed by atoms with Crippen LogP contribution in [-0.2, 0) is 6.54 Å². The lowest BCUT2D eigenvalue weighted by atomic mass is 10.2. The maximum absolute atomic E-state index is 12.7.